The molecule has 21 heavy (non-hydrogen) atoms. The van der Waals surface area contributed by atoms with E-state index >= 15 is 0 Å². The Morgan fingerprint density at radius 3 is 2.52 bits per heavy atom. The molecule has 0 aliphatic heterocycles. The van der Waals surface area contributed by atoms with E-state index < -0.39 is 7.60 Å². The van der Waals surface area contributed by atoms with Gasteiger partial charge in [-0.3, -0.25) is 4.57 Å². The Hall–Kier alpha value is -1.29. The van der Waals surface area contributed by atoms with E-state index in [1.54, 1.807) is 4.68 Å². The van der Waals surface area contributed by atoms with Crippen molar-refractivity contribution < 1.29 is 18.3 Å². The second kappa shape index (κ2) is 7.12. The lowest BCUT2D eigenvalue weighted by Crippen LogP contribution is -2.33. The van der Waals surface area contributed by atoms with Crippen molar-refractivity contribution in [1.29, 1.82) is 0 Å². The molecule has 2 aromatic rings. The van der Waals surface area contributed by atoms with Crippen molar-refractivity contribution >= 4 is 18.5 Å². The Morgan fingerprint density at radius 2 is 1.86 bits per heavy atom. The third kappa shape index (κ3) is 4.10. The van der Waals surface area contributed by atoms with E-state index in [1.807, 2.05) is 51.4 Å². The maximum Gasteiger partial charge on any atom is 0.330 e. The van der Waals surface area contributed by atoms with Crippen LogP contribution in [-0.2, 0) is 27.1 Å². The van der Waals surface area contributed by atoms with Gasteiger partial charge in [-0.1, -0.05) is 22.9 Å². The zero-order chi connectivity index (χ0) is 15.3. The highest BCUT2D eigenvalue weighted by atomic mass is 31.2. The van der Waals surface area contributed by atoms with Crippen LogP contribution >= 0.6 is 7.60 Å². The number of aromatic nitrogens is 2. The van der Waals surface area contributed by atoms with Crippen molar-refractivity contribution in [1.82, 2.24) is 5.10 Å². The van der Waals surface area contributed by atoms with Crippen LogP contribution in [0.15, 0.2) is 30.5 Å². The SMILES string of the molecule is CCOP(=O)(CCc1c[n+](C)nc2ccccc12)OCC. The fourth-order valence-electron chi connectivity index (χ4n) is 2.34. The van der Waals surface area contributed by atoms with Gasteiger partial charge in [0.05, 0.1) is 19.4 Å². The predicted octanol–water partition coefficient (Wildman–Crippen LogP) is 2.87. The summed E-state index contributed by atoms with van der Waals surface area (Å²) in [6.07, 6.45) is 2.97. The highest BCUT2D eigenvalue weighted by Crippen LogP contribution is 2.48. The van der Waals surface area contributed by atoms with Crippen molar-refractivity contribution in [3.05, 3.63) is 36.0 Å². The Balaban J connectivity index is 2.25. The van der Waals surface area contributed by atoms with Crippen LogP contribution in [0, 0.1) is 0 Å². The average Bonchev–Trinajstić information content (AvgIpc) is 2.45. The summed E-state index contributed by atoms with van der Waals surface area (Å²) in [6.45, 7) is 4.44. The molecular formula is C15H22N2O3P+. The standard InChI is InChI=1S/C15H22N2O3P/c1-4-19-21(18,20-5-2)11-10-13-12-17(3)16-15-9-7-6-8-14(13)15/h6-9,12H,4-5,10-11H2,1-3H3/q+1. The molecule has 1 aromatic heterocycles. The predicted molar refractivity (Wildman–Crippen MR) is 82.3 cm³/mol. The molecule has 114 valence electrons. The van der Waals surface area contributed by atoms with Crippen LogP contribution < -0.4 is 4.68 Å². The molecule has 0 fully saturated rings. The lowest BCUT2D eigenvalue weighted by Gasteiger charge is -2.16. The van der Waals surface area contributed by atoms with Gasteiger partial charge in [-0.2, -0.15) is 0 Å². The zero-order valence-corrected chi connectivity index (χ0v) is 13.7. The van der Waals surface area contributed by atoms with Crippen LogP contribution in [0.1, 0.15) is 19.4 Å². The van der Waals surface area contributed by atoms with E-state index in [0.717, 1.165) is 16.5 Å². The Labute approximate surface area is 125 Å². The molecule has 0 saturated carbocycles. The van der Waals surface area contributed by atoms with Crippen LogP contribution in [-0.4, -0.2) is 24.5 Å². The number of aryl methyl sites for hydroxylation is 2. The second-order valence-corrected chi connectivity index (χ2v) is 6.95. The number of nitrogens with zero attached hydrogens (tertiary/aromatic N) is 2. The molecule has 0 amide bonds. The Morgan fingerprint density at radius 1 is 1.19 bits per heavy atom. The quantitative estimate of drug-likeness (QED) is 0.583. The molecule has 0 spiro atoms. The van der Waals surface area contributed by atoms with E-state index in [4.69, 9.17) is 9.05 Å². The highest BCUT2D eigenvalue weighted by molar-refractivity contribution is 7.53. The molecule has 6 heteroatoms. The molecule has 0 aliphatic rings. The van der Waals surface area contributed by atoms with Gasteiger partial charge in [-0.05, 0) is 31.4 Å². The number of benzene rings is 1. The maximum atomic E-state index is 12.5. The number of fused-ring (bicyclic) bond motifs is 1. The van der Waals surface area contributed by atoms with Crippen LogP contribution in [0.5, 0.6) is 0 Å². The van der Waals surface area contributed by atoms with Gasteiger partial charge >= 0.3 is 7.60 Å². The van der Waals surface area contributed by atoms with Gasteiger partial charge in [0.25, 0.3) is 0 Å². The summed E-state index contributed by atoms with van der Waals surface area (Å²) in [5.41, 5.74) is 2.03. The largest absolute Gasteiger partial charge is 0.330 e. The maximum absolute atomic E-state index is 12.5. The summed E-state index contributed by atoms with van der Waals surface area (Å²) in [5, 5.41) is 5.52. The van der Waals surface area contributed by atoms with Gasteiger partial charge < -0.3 is 9.05 Å². The van der Waals surface area contributed by atoms with Gasteiger partial charge in [0.15, 0.2) is 13.2 Å². The lowest BCUT2D eigenvalue weighted by molar-refractivity contribution is -0.728. The van der Waals surface area contributed by atoms with E-state index in [9.17, 15) is 4.57 Å². The topological polar surface area (TPSA) is 52.3 Å². The van der Waals surface area contributed by atoms with Crippen molar-refractivity contribution in [3.8, 4) is 0 Å². The van der Waals surface area contributed by atoms with Gasteiger partial charge in [0, 0.05) is 10.9 Å². The summed E-state index contributed by atoms with van der Waals surface area (Å²) < 4.78 is 25.0. The highest BCUT2D eigenvalue weighted by Gasteiger charge is 2.24. The minimum atomic E-state index is -3.01. The number of hydrogen-bond acceptors (Lipinski definition) is 4. The van der Waals surface area contributed by atoms with Crippen LogP contribution in [0.25, 0.3) is 10.9 Å². The lowest BCUT2D eigenvalue weighted by atomic mass is 10.1. The number of hydrogen-bond donors (Lipinski definition) is 0. The molecule has 0 radical (unpaired) electrons. The third-order valence-electron chi connectivity index (χ3n) is 3.16. The average molecular weight is 309 g/mol. The van der Waals surface area contributed by atoms with E-state index in [2.05, 4.69) is 5.10 Å². The molecule has 5 nitrogen and oxygen atoms in total. The first-order chi connectivity index (χ1) is 10.1. The molecule has 0 N–H and O–H groups in total. The minimum Gasteiger partial charge on any atom is -0.309 e. The first-order valence-corrected chi connectivity index (χ1v) is 8.93. The molecular weight excluding hydrogens is 287 g/mol. The summed E-state index contributed by atoms with van der Waals surface area (Å²) in [7, 11) is -1.12. The van der Waals surface area contributed by atoms with Crippen LogP contribution in [0.2, 0.25) is 0 Å². The van der Waals surface area contributed by atoms with Crippen molar-refractivity contribution in [2.24, 2.45) is 7.05 Å². The van der Waals surface area contributed by atoms with Crippen LogP contribution in [0.4, 0.5) is 0 Å². The Bertz CT molecular complexity index is 650. The Kier molecular flexibility index (Phi) is 5.45. The van der Waals surface area contributed by atoms with Crippen molar-refractivity contribution in [2.75, 3.05) is 19.4 Å². The first kappa shape index (κ1) is 16.1. The smallest absolute Gasteiger partial charge is 0.309 e. The normalized spacial score (nSPS) is 12.0. The summed E-state index contributed by atoms with van der Waals surface area (Å²) in [5.74, 6) is 0. The summed E-state index contributed by atoms with van der Waals surface area (Å²) in [4.78, 5) is 0. The first-order valence-electron chi connectivity index (χ1n) is 7.20. The third-order valence-corrected chi connectivity index (χ3v) is 5.24. The molecule has 0 aliphatic carbocycles. The molecule has 0 bridgehead atoms. The van der Waals surface area contributed by atoms with E-state index in [-0.39, 0.29) is 0 Å². The van der Waals surface area contributed by atoms with Gasteiger partial charge in [-0.25, -0.2) is 0 Å². The molecule has 0 unspecified atom stereocenters. The van der Waals surface area contributed by atoms with Crippen LogP contribution in [0.3, 0.4) is 0 Å². The van der Waals surface area contributed by atoms with Crippen molar-refractivity contribution in [2.45, 2.75) is 20.3 Å². The zero-order valence-electron chi connectivity index (χ0n) is 12.8. The van der Waals surface area contributed by atoms with Gasteiger partial charge in [-0.15, -0.1) is 0 Å². The molecule has 2 rings (SSSR count). The fourth-order valence-corrected chi connectivity index (χ4v) is 3.98. The van der Waals surface area contributed by atoms with E-state index in [0.29, 0.717) is 25.8 Å². The van der Waals surface area contributed by atoms with Gasteiger partial charge in [0.1, 0.15) is 5.52 Å². The summed E-state index contributed by atoms with van der Waals surface area (Å²) >= 11 is 0. The molecule has 0 atom stereocenters. The molecule has 0 saturated heterocycles. The second-order valence-electron chi connectivity index (χ2n) is 4.77. The van der Waals surface area contributed by atoms with Crippen molar-refractivity contribution in [3.63, 3.8) is 0 Å². The van der Waals surface area contributed by atoms with Gasteiger partial charge in [0.2, 0.25) is 0 Å². The molecule has 1 heterocycles. The number of rotatable bonds is 7. The minimum absolute atomic E-state index is 0.378. The fraction of sp³-hybridized carbons (Fsp3) is 0.467. The van der Waals surface area contributed by atoms with E-state index in [1.165, 1.54) is 0 Å². The summed E-state index contributed by atoms with van der Waals surface area (Å²) in [6, 6.07) is 7.95. The monoisotopic (exact) mass is 309 g/mol. The molecule has 1 aromatic carbocycles.